The smallest absolute Gasteiger partial charge is 0.0443 e. The highest BCUT2D eigenvalue weighted by molar-refractivity contribution is 4.55. The monoisotopic (exact) mass is 422 g/mol. The Morgan fingerprint density at radius 3 is 0.833 bits per heavy atom. The summed E-state index contributed by atoms with van der Waals surface area (Å²) >= 11 is 0. The molecule has 0 heteroatoms. The highest BCUT2D eigenvalue weighted by Gasteiger charge is 2.01. The Balaban J connectivity index is 3.03. The van der Waals surface area contributed by atoms with Crippen molar-refractivity contribution in [2.75, 3.05) is 0 Å². The third-order valence-corrected chi connectivity index (χ3v) is 7.10. The molecule has 0 aliphatic carbocycles. The van der Waals surface area contributed by atoms with Crippen LogP contribution in [0.2, 0.25) is 0 Å². The van der Waals surface area contributed by atoms with E-state index < -0.39 is 0 Å². The lowest BCUT2D eigenvalue weighted by atomic mass is 9.97. The van der Waals surface area contributed by atoms with E-state index in [1.54, 1.807) is 0 Å². The van der Waals surface area contributed by atoms with Crippen molar-refractivity contribution in [3.63, 3.8) is 0 Å². The minimum Gasteiger partial charge on any atom is -0.0654 e. The van der Waals surface area contributed by atoms with E-state index in [1.807, 2.05) is 0 Å². The third kappa shape index (κ3) is 26.0. The highest BCUT2D eigenvalue weighted by Crippen LogP contribution is 2.18. The molecule has 0 aliphatic rings. The van der Waals surface area contributed by atoms with Crippen molar-refractivity contribution >= 4 is 0 Å². The molecule has 0 fully saturated rings. The van der Waals surface area contributed by atoms with Crippen molar-refractivity contribution in [2.45, 2.75) is 188 Å². The SMILES string of the molecule is CCCCCCCCCCCCCCCCCCCCCCCC[C@H](C)CCCC. The van der Waals surface area contributed by atoms with E-state index in [0.717, 1.165) is 5.92 Å². The molecule has 0 N–H and O–H groups in total. The molecule has 0 aromatic carbocycles. The van der Waals surface area contributed by atoms with Crippen LogP contribution in [0.15, 0.2) is 0 Å². The summed E-state index contributed by atoms with van der Waals surface area (Å²) in [7, 11) is 0. The van der Waals surface area contributed by atoms with Crippen LogP contribution >= 0.6 is 0 Å². The van der Waals surface area contributed by atoms with Gasteiger partial charge in [-0.3, -0.25) is 0 Å². The molecule has 0 saturated heterocycles. The van der Waals surface area contributed by atoms with Crippen LogP contribution in [-0.4, -0.2) is 0 Å². The maximum atomic E-state index is 2.45. The lowest BCUT2D eigenvalue weighted by Gasteiger charge is -2.10. The quantitative estimate of drug-likeness (QED) is 0.122. The molecule has 0 spiro atoms. The molecule has 0 heterocycles. The van der Waals surface area contributed by atoms with Crippen LogP contribution in [0.25, 0.3) is 0 Å². The van der Waals surface area contributed by atoms with Gasteiger partial charge in [0.05, 0.1) is 0 Å². The lowest BCUT2D eigenvalue weighted by molar-refractivity contribution is 0.440. The Morgan fingerprint density at radius 2 is 0.533 bits per heavy atom. The van der Waals surface area contributed by atoms with Gasteiger partial charge in [-0.1, -0.05) is 188 Å². The zero-order chi connectivity index (χ0) is 22.0. The molecule has 182 valence electrons. The summed E-state index contributed by atoms with van der Waals surface area (Å²) in [6.45, 7) is 7.07. The van der Waals surface area contributed by atoms with Crippen LogP contribution in [-0.2, 0) is 0 Å². The van der Waals surface area contributed by atoms with Crippen LogP contribution < -0.4 is 0 Å². The average Bonchev–Trinajstić information content (AvgIpc) is 2.75. The van der Waals surface area contributed by atoms with Gasteiger partial charge in [-0.05, 0) is 5.92 Å². The van der Waals surface area contributed by atoms with Crippen LogP contribution in [0.3, 0.4) is 0 Å². The Bertz CT molecular complexity index is 282. The normalized spacial score (nSPS) is 12.5. The molecule has 30 heavy (non-hydrogen) atoms. The molecule has 0 bridgehead atoms. The molecule has 0 rings (SSSR count). The molecular formula is C30H62. The second kappa shape index (κ2) is 27.0. The Kier molecular flexibility index (Phi) is 27.0. The topological polar surface area (TPSA) is 0 Å². The first-order valence-corrected chi connectivity index (χ1v) is 14.8. The van der Waals surface area contributed by atoms with E-state index in [9.17, 15) is 0 Å². The number of unbranched alkanes of at least 4 members (excludes halogenated alkanes) is 22. The van der Waals surface area contributed by atoms with Gasteiger partial charge >= 0.3 is 0 Å². The van der Waals surface area contributed by atoms with E-state index in [0.29, 0.717) is 0 Å². The fourth-order valence-corrected chi connectivity index (χ4v) is 4.80. The minimum atomic E-state index is 0.968. The van der Waals surface area contributed by atoms with Crippen LogP contribution in [0, 0.1) is 5.92 Å². The van der Waals surface area contributed by atoms with Crippen molar-refractivity contribution in [3.05, 3.63) is 0 Å². The predicted octanol–water partition coefficient (Wildman–Crippen LogP) is 11.8. The largest absolute Gasteiger partial charge is 0.0654 e. The molecule has 0 radical (unpaired) electrons. The van der Waals surface area contributed by atoms with Gasteiger partial charge in [0.25, 0.3) is 0 Å². The summed E-state index contributed by atoms with van der Waals surface area (Å²) in [5.41, 5.74) is 0. The zero-order valence-corrected chi connectivity index (χ0v) is 22.0. The standard InChI is InChI=1S/C30H62/c1-4-6-8-9-10-11-12-13-14-15-16-17-18-19-20-21-22-23-24-25-26-27-29-30(3)28-7-5-2/h30H,4-29H2,1-3H3/t30-/m1/s1. The maximum Gasteiger partial charge on any atom is -0.0443 e. The second-order valence-corrected chi connectivity index (χ2v) is 10.5. The number of hydrogen-bond donors (Lipinski definition) is 0. The van der Waals surface area contributed by atoms with Gasteiger partial charge in [-0.15, -0.1) is 0 Å². The summed E-state index contributed by atoms with van der Waals surface area (Å²) in [6.07, 6.45) is 38.3. The lowest BCUT2D eigenvalue weighted by Crippen LogP contribution is -1.94. The molecule has 0 saturated carbocycles. The predicted molar refractivity (Wildman–Crippen MR) is 141 cm³/mol. The minimum absolute atomic E-state index is 0.968. The van der Waals surface area contributed by atoms with E-state index >= 15 is 0 Å². The van der Waals surface area contributed by atoms with Gasteiger partial charge in [0.15, 0.2) is 0 Å². The van der Waals surface area contributed by atoms with Crippen molar-refractivity contribution < 1.29 is 0 Å². The van der Waals surface area contributed by atoms with Gasteiger partial charge < -0.3 is 0 Å². The Labute approximate surface area is 193 Å². The fraction of sp³-hybridized carbons (Fsp3) is 1.00. The summed E-state index contributed by atoms with van der Waals surface area (Å²) in [4.78, 5) is 0. The molecule has 0 unspecified atom stereocenters. The van der Waals surface area contributed by atoms with Crippen LogP contribution in [0.1, 0.15) is 188 Å². The van der Waals surface area contributed by atoms with Gasteiger partial charge in [0, 0.05) is 0 Å². The average molecular weight is 423 g/mol. The fourth-order valence-electron chi connectivity index (χ4n) is 4.80. The zero-order valence-electron chi connectivity index (χ0n) is 22.0. The van der Waals surface area contributed by atoms with Crippen molar-refractivity contribution in [3.8, 4) is 0 Å². The number of rotatable bonds is 26. The van der Waals surface area contributed by atoms with Gasteiger partial charge in [0.2, 0.25) is 0 Å². The second-order valence-electron chi connectivity index (χ2n) is 10.5. The van der Waals surface area contributed by atoms with E-state index in [-0.39, 0.29) is 0 Å². The third-order valence-electron chi connectivity index (χ3n) is 7.10. The van der Waals surface area contributed by atoms with Gasteiger partial charge in [0.1, 0.15) is 0 Å². The van der Waals surface area contributed by atoms with Crippen LogP contribution in [0.4, 0.5) is 0 Å². The Hall–Kier alpha value is 0. The Morgan fingerprint density at radius 1 is 0.300 bits per heavy atom. The van der Waals surface area contributed by atoms with Crippen LogP contribution in [0.5, 0.6) is 0 Å². The van der Waals surface area contributed by atoms with Crippen molar-refractivity contribution in [1.29, 1.82) is 0 Å². The maximum absolute atomic E-state index is 2.45. The summed E-state index contributed by atoms with van der Waals surface area (Å²) in [5, 5.41) is 0. The van der Waals surface area contributed by atoms with E-state index in [1.165, 1.54) is 167 Å². The van der Waals surface area contributed by atoms with E-state index in [2.05, 4.69) is 20.8 Å². The summed E-state index contributed by atoms with van der Waals surface area (Å²) in [5.74, 6) is 0.968. The van der Waals surface area contributed by atoms with Gasteiger partial charge in [-0.2, -0.15) is 0 Å². The molecule has 0 aromatic heterocycles. The van der Waals surface area contributed by atoms with Crippen molar-refractivity contribution in [1.82, 2.24) is 0 Å². The summed E-state index contributed by atoms with van der Waals surface area (Å²) < 4.78 is 0. The molecule has 1 atom stereocenters. The number of hydrogen-bond acceptors (Lipinski definition) is 0. The van der Waals surface area contributed by atoms with E-state index in [4.69, 9.17) is 0 Å². The highest BCUT2D eigenvalue weighted by atomic mass is 14.1. The first-order valence-electron chi connectivity index (χ1n) is 14.8. The molecule has 0 aromatic rings. The summed E-state index contributed by atoms with van der Waals surface area (Å²) in [6, 6.07) is 0. The molecule has 0 aliphatic heterocycles. The molecule has 0 amide bonds. The first kappa shape index (κ1) is 30.0. The van der Waals surface area contributed by atoms with Crippen molar-refractivity contribution in [2.24, 2.45) is 5.92 Å². The van der Waals surface area contributed by atoms with Gasteiger partial charge in [-0.25, -0.2) is 0 Å². The first-order chi connectivity index (χ1) is 14.8. The molecular weight excluding hydrogens is 360 g/mol. The molecule has 0 nitrogen and oxygen atoms in total.